The molecule has 11 nitrogen and oxygen atoms in total. The standard InChI is InChI=1S/C27H32N8O3S/c1-6-27(4,5)35-25-23(30-14-20(33-25)21-16(3)31-15-32-22(21)17-8-9-17)34-24(26(35)36)29-12-18-10-11-19(13-28-18)39(37,38)7-2/h10-11,13-15,17H,6-9,12H2,1-5H3,(H,29,30,34). The minimum absolute atomic E-state index is 0.00154. The fourth-order valence-corrected chi connectivity index (χ4v) is 5.25. The second-order valence-electron chi connectivity index (χ2n) is 10.4. The summed E-state index contributed by atoms with van der Waals surface area (Å²) in [6, 6.07) is 3.15. The largest absolute Gasteiger partial charge is 0.360 e. The fraction of sp³-hybridized carbons (Fsp3) is 0.444. The first kappa shape index (κ1) is 26.8. The summed E-state index contributed by atoms with van der Waals surface area (Å²) in [5, 5.41) is 3.07. The van der Waals surface area contributed by atoms with Gasteiger partial charge < -0.3 is 5.32 Å². The van der Waals surface area contributed by atoms with Crippen LogP contribution in [0.1, 0.15) is 70.0 Å². The third-order valence-electron chi connectivity index (χ3n) is 7.30. The van der Waals surface area contributed by atoms with Crippen LogP contribution < -0.4 is 10.9 Å². The van der Waals surface area contributed by atoms with Crippen molar-refractivity contribution in [3.05, 3.63) is 58.3 Å². The molecule has 12 heteroatoms. The number of pyridine rings is 1. The maximum Gasteiger partial charge on any atom is 0.295 e. The lowest BCUT2D eigenvalue weighted by Gasteiger charge is -2.27. The Balaban J connectivity index is 1.56. The second-order valence-corrected chi connectivity index (χ2v) is 12.7. The molecule has 0 spiro atoms. The third-order valence-corrected chi connectivity index (χ3v) is 9.02. The first-order chi connectivity index (χ1) is 18.6. The van der Waals surface area contributed by atoms with Crippen molar-refractivity contribution in [2.75, 3.05) is 11.1 Å². The molecule has 0 amide bonds. The fourth-order valence-electron chi connectivity index (χ4n) is 4.43. The number of aryl methyl sites for hydroxylation is 1. The van der Waals surface area contributed by atoms with Crippen molar-refractivity contribution in [2.45, 2.75) is 76.8 Å². The molecule has 0 radical (unpaired) electrons. The van der Waals surface area contributed by atoms with E-state index in [1.54, 1.807) is 30.1 Å². The molecule has 1 saturated carbocycles. The zero-order valence-corrected chi connectivity index (χ0v) is 23.6. The van der Waals surface area contributed by atoms with E-state index in [4.69, 9.17) is 4.98 Å². The summed E-state index contributed by atoms with van der Waals surface area (Å²) < 4.78 is 25.8. The quantitative estimate of drug-likeness (QED) is 0.328. The molecule has 4 heterocycles. The monoisotopic (exact) mass is 548 g/mol. The van der Waals surface area contributed by atoms with Crippen molar-refractivity contribution in [1.82, 2.24) is 34.5 Å². The summed E-state index contributed by atoms with van der Waals surface area (Å²) in [7, 11) is -3.34. The molecule has 39 heavy (non-hydrogen) atoms. The third kappa shape index (κ3) is 5.12. The van der Waals surface area contributed by atoms with Crippen LogP contribution in [0.4, 0.5) is 5.82 Å². The molecular weight excluding hydrogens is 516 g/mol. The zero-order valence-electron chi connectivity index (χ0n) is 22.8. The Kier molecular flexibility index (Phi) is 6.91. The number of hydrogen-bond acceptors (Lipinski definition) is 10. The normalized spacial score (nSPS) is 14.1. The smallest absolute Gasteiger partial charge is 0.295 e. The Morgan fingerprint density at radius 2 is 1.82 bits per heavy atom. The molecule has 0 saturated heterocycles. The molecule has 1 aliphatic carbocycles. The van der Waals surface area contributed by atoms with Gasteiger partial charge in [-0.15, -0.1) is 0 Å². The Morgan fingerprint density at radius 1 is 1.05 bits per heavy atom. The molecule has 1 aliphatic rings. The van der Waals surface area contributed by atoms with Crippen LogP contribution in [0.5, 0.6) is 0 Å². The summed E-state index contributed by atoms with van der Waals surface area (Å²) in [4.78, 5) is 41.2. The predicted octanol–water partition coefficient (Wildman–Crippen LogP) is 3.78. The van der Waals surface area contributed by atoms with Gasteiger partial charge in [-0.2, -0.15) is 0 Å². The lowest BCUT2D eigenvalue weighted by Crippen LogP contribution is -2.38. The van der Waals surface area contributed by atoms with Crippen molar-refractivity contribution in [1.29, 1.82) is 0 Å². The van der Waals surface area contributed by atoms with E-state index < -0.39 is 15.4 Å². The van der Waals surface area contributed by atoms with E-state index in [-0.39, 0.29) is 28.6 Å². The number of rotatable bonds is 9. The van der Waals surface area contributed by atoms with Crippen molar-refractivity contribution >= 4 is 26.9 Å². The van der Waals surface area contributed by atoms with E-state index in [0.717, 1.165) is 29.8 Å². The molecule has 0 bridgehead atoms. The SMILES string of the molecule is CCC(C)(C)n1c(=O)c(NCc2ccc(S(=O)(=O)CC)cn2)nc2ncc(-c3c(C)ncnc3C3CC3)nc21. The highest BCUT2D eigenvalue weighted by molar-refractivity contribution is 7.91. The van der Waals surface area contributed by atoms with Gasteiger partial charge in [0.1, 0.15) is 6.33 Å². The van der Waals surface area contributed by atoms with Gasteiger partial charge in [0, 0.05) is 23.2 Å². The van der Waals surface area contributed by atoms with E-state index in [2.05, 4.69) is 30.2 Å². The van der Waals surface area contributed by atoms with Crippen molar-refractivity contribution in [2.24, 2.45) is 0 Å². The summed E-state index contributed by atoms with van der Waals surface area (Å²) in [5.41, 5.74) is 3.68. The van der Waals surface area contributed by atoms with E-state index in [9.17, 15) is 13.2 Å². The highest BCUT2D eigenvalue weighted by atomic mass is 32.2. The van der Waals surface area contributed by atoms with Crippen LogP contribution in [0, 0.1) is 6.92 Å². The Morgan fingerprint density at radius 3 is 2.46 bits per heavy atom. The summed E-state index contributed by atoms with van der Waals surface area (Å²) in [6.45, 7) is 9.68. The lowest BCUT2D eigenvalue weighted by molar-refractivity contribution is 0.341. The molecule has 0 aromatic carbocycles. The highest BCUT2D eigenvalue weighted by Gasteiger charge is 2.31. The molecule has 204 valence electrons. The summed E-state index contributed by atoms with van der Waals surface area (Å²) in [5.74, 6) is 0.514. The van der Waals surface area contributed by atoms with Crippen molar-refractivity contribution in [3.63, 3.8) is 0 Å². The lowest BCUT2D eigenvalue weighted by atomic mass is 10.0. The Hall–Kier alpha value is -3.80. The number of sulfone groups is 1. The van der Waals surface area contributed by atoms with E-state index in [1.165, 1.54) is 12.3 Å². The molecule has 0 atom stereocenters. The minimum Gasteiger partial charge on any atom is -0.360 e. The Bertz CT molecular complexity index is 1710. The average Bonchev–Trinajstić information content (AvgIpc) is 3.77. The van der Waals surface area contributed by atoms with Gasteiger partial charge in [-0.25, -0.2) is 33.3 Å². The molecule has 0 aliphatic heterocycles. The van der Waals surface area contributed by atoms with Gasteiger partial charge in [0.05, 0.1) is 46.2 Å². The molecule has 4 aromatic rings. The topological polar surface area (TPSA) is 146 Å². The van der Waals surface area contributed by atoms with Gasteiger partial charge in [-0.1, -0.05) is 13.8 Å². The Labute approximate surface area is 227 Å². The van der Waals surface area contributed by atoms with Gasteiger partial charge in [0.15, 0.2) is 26.9 Å². The van der Waals surface area contributed by atoms with E-state index in [0.29, 0.717) is 35.0 Å². The molecule has 5 rings (SSSR count). The number of nitrogens with one attached hydrogen (secondary N) is 1. The number of nitrogens with zero attached hydrogens (tertiary/aromatic N) is 7. The van der Waals surface area contributed by atoms with Crippen LogP contribution in [-0.4, -0.2) is 48.6 Å². The number of hydrogen-bond donors (Lipinski definition) is 1. The summed E-state index contributed by atoms with van der Waals surface area (Å²) >= 11 is 0. The molecule has 0 unspecified atom stereocenters. The second kappa shape index (κ2) is 10.1. The van der Waals surface area contributed by atoms with Gasteiger partial charge in [0.25, 0.3) is 5.56 Å². The maximum atomic E-state index is 13.8. The molecule has 1 fully saturated rings. The zero-order chi connectivity index (χ0) is 27.9. The van der Waals surface area contributed by atoms with E-state index >= 15 is 0 Å². The molecule has 1 N–H and O–H groups in total. The molecular formula is C27H32N8O3S. The van der Waals surface area contributed by atoms with Crippen LogP contribution >= 0.6 is 0 Å². The van der Waals surface area contributed by atoms with Crippen molar-refractivity contribution in [3.8, 4) is 11.3 Å². The van der Waals surface area contributed by atoms with Gasteiger partial charge in [0.2, 0.25) is 0 Å². The van der Waals surface area contributed by atoms with Crippen LogP contribution in [0.25, 0.3) is 22.6 Å². The number of anilines is 1. The van der Waals surface area contributed by atoms with Crippen molar-refractivity contribution < 1.29 is 8.42 Å². The van der Waals surface area contributed by atoms with Crippen LogP contribution in [0.2, 0.25) is 0 Å². The summed E-state index contributed by atoms with van der Waals surface area (Å²) in [6.07, 6.45) is 7.43. The highest BCUT2D eigenvalue weighted by Crippen LogP contribution is 2.43. The van der Waals surface area contributed by atoms with Gasteiger partial charge in [-0.05, 0) is 52.2 Å². The first-order valence-corrected chi connectivity index (χ1v) is 14.7. The maximum absolute atomic E-state index is 13.8. The molecule has 4 aromatic heterocycles. The average molecular weight is 549 g/mol. The number of fused-ring (bicyclic) bond motifs is 1. The van der Waals surface area contributed by atoms with Crippen LogP contribution in [-0.2, 0) is 21.9 Å². The van der Waals surface area contributed by atoms with E-state index in [1.807, 2.05) is 27.7 Å². The van der Waals surface area contributed by atoms with Crippen LogP contribution in [0.3, 0.4) is 0 Å². The number of aromatic nitrogens is 7. The minimum atomic E-state index is -3.34. The first-order valence-electron chi connectivity index (χ1n) is 13.1. The van der Waals surface area contributed by atoms with Gasteiger partial charge >= 0.3 is 0 Å². The van der Waals surface area contributed by atoms with Gasteiger partial charge in [-0.3, -0.25) is 14.3 Å². The predicted molar refractivity (Wildman–Crippen MR) is 148 cm³/mol. The van der Waals surface area contributed by atoms with Crippen LogP contribution in [0.15, 0.2) is 40.5 Å².